The van der Waals surface area contributed by atoms with E-state index in [9.17, 15) is 14.7 Å². The van der Waals surface area contributed by atoms with Crippen LogP contribution < -0.4 is 14.7 Å². The maximum absolute atomic E-state index is 13.5. The van der Waals surface area contributed by atoms with Crippen molar-refractivity contribution < 1.29 is 24.3 Å². The molecule has 1 unspecified atom stereocenters. The minimum atomic E-state index is -0.748. The standard InChI is InChI=1S/C26H31ClN2O4/c1-16(2)17-7-9-18(10-8-17)23-22(24(30)19-11-12-21(33-5)20(27)15-19)25(31)26(32)29(23)14-6-13-28(3)4/h7-12,15-16,23,30H,6,13-14H2,1-5H3/b24-22+. The van der Waals surface area contributed by atoms with Crippen molar-refractivity contribution in [3.8, 4) is 5.75 Å². The van der Waals surface area contributed by atoms with Crippen LogP contribution in [0.15, 0.2) is 48.0 Å². The van der Waals surface area contributed by atoms with Gasteiger partial charge in [0.25, 0.3) is 5.91 Å². The molecule has 1 heterocycles. The average Bonchev–Trinajstić information content (AvgIpc) is 3.03. The van der Waals surface area contributed by atoms with Gasteiger partial charge in [0.05, 0.1) is 38.8 Å². The van der Waals surface area contributed by atoms with E-state index in [2.05, 4.69) is 13.8 Å². The number of likely N-dealkylation sites (tertiary alicyclic amines) is 1. The van der Waals surface area contributed by atoms with Crippen molar-refractivity contribution >= 4 is 29.1 Å². The number of amides is 1. The Morgan fingerprint density at radius 2 is 1.82 bits per heavy atom. The first kappa shape index (κ1) is 24.8. The number of ketones is 1. The van der Waals surface area contributed by atoms with Crippen LogP contribution in [-0.2, 0) is 9.59 Å². The number of ether oxygens (including phenoxy) is 1. The highest BCUT2D eigenvalue weighted by molar-refractivity contribution is 6.46. The SMILES string of the molecule is COc1ccc(/C([O-])=C2\C(=O)C(=O)N(CCC[NH+](C)C)C2c2ccc(C(C)C)cc2)cc1Cl. The smallest absolute Gasteiger partial charge is 0.295 e. The third-order valence-corrected chi connectivity index (χ3v) is 6.23. The van der Waals surface area contributed by atoms with E-state index in [0.29, 0.717) is 18.2 Å². The molecule has 33 heavy (non-hydrogen) atoms. The molecule has 3 rings (SSSR count). The first-order chi connectivity index (χ1) is 15.6. The summed E-state index contributed by atoms with van der Waals surface area (Å²) < 4.78 is 5.16. The number of hydrogen-bond acceptors (Lipinski definition) is 4. The number of carbonyl (C=O) groups is 2. The summed E-state index contributed by atoms with van der Waals surface area (Å²) in [5.41, 5.74) is 2.11. The molecule has 2 aromatic carbocycles. The number of carbonyl (C=O) groups excluding carboxylic acids is 2. The van der Waals surface area contributed by atoms with Gasteiger partial charge in [-0.1, -0.05) is 61.5 Å². The van der Waals surface area contributed by atoms with Crippen LogP contribution in [0.5, 0.6) is 5.75 Å². The third kappa shape index (κ3) is 5.23. The molecule has 0 bridgehead atoms. The topological polar surface area (TPSA) is 74.1 Å². The van der Waals surface area contributed by atoms with Crippen LogP contribution in [0.2, 0.25) is 5.02 Å². The molecule has 6 nitrogen and oxygen atoms in total. The molecule has 0 saturated carbocycles. The third-order valence-electron chi connectivity index (χ3n) is 5.94. The van der Waals surface area contributed by atoms with Gasteiger partial charge < -0.3 is 19.6 Å². The number of hydrogen-bond donors (Lipinski definition) is 1. The Morgan fingerprint density at radius 3 is 2.36 bits per heavy atom. The van der Waals surface area contributed by atoms with Crippen LogP contribution in [0.3, 0.4) is 0 Å². The van der Waals surface area contributed by atoms with E-state index >= 15 is 0 Å². The van der Waals surface area contributed by atoms with Crippen LogP contribution in [0, 0.1) is 0 Å². The highest BCUT2D eigenvalue weighted by Crippen LogP contribution is 2.39. The molecule has 1 aliphatic heterocycles. The number of Topliss-reactive ketones (excluding diaryl/α,β-unsaturated/α-hetero) is 1. The minimum absolute atomic E-state index is 0.0317. The second-order valence-corrected chi connectivity index (χ2v) is 9.36. The molecular formula is C26H31ClN2O4. The number of nitrogens with one attached hydrogen (secondary N) is 1. The largest absolute Gasteiger partial charge is 0.872 e. The van der Waals surface area contributed by atoms with Crippen molar-refractivity contribution in [3.05, 3.63) is 69.8 Å². The van der Waals surface area contributed by atoms with Gasteiger partial charge >= 0.3 is 0 Å². The Labute approximate surface area is 200 Å². The van der Waals surface area contributed by atoms with Crippen LogP contribution >= 0.6 is 11.6 Å². The number of benzene rings is 2. The highest BCUT2D eigenvalue weighted by atomic mass is 35.5. The van der Waals surface area contributed by atoms with Crippen LogP contribution in [0.4, 0.5) is 0 Å². The zero-order valence-corrected chi connectivity index (χ0v) is 20.5. The summed E-state index contributed by atoms with van der Waals surface area (Å²) in [7, 11) is 5.56. The molecule has 1 aliphatic rings. The van der Waals surface area contributed by atoms with Gasteiger partial charge in [-0.3, -0.25) is 9.59 Å². The predicted octanol–water partition coefficient (Wildman–Crippen LogP) is 2.23. The highest BCUT2D eigenvalue weighted by Gasteiger charge is 2.44. The van der Waals surface area contributed by atoms with Gasteiger partial charge in [-0.2, -0.15) is 0 Å². The fraction of sp³-hybridized carbons (Fsp3) is 0.385. The lowest BCUT2D eigenvalue weighted by atomic mass is 9.93. The monoisotopic (exact) mass is 470 g/mol. The molecule has 1 amide bonds. The van der Waals surface area contributed by atoms with Crippen LogP contribution in [0.25, 0.3) is 5.76 Å². The second kappa shape index (κ2) is 10.4. The molecule has 0 aliphatic carbocycles. The summed E-state index contributed by atoms with van der Waals surface area (Å²) in [6.45, 7) is 5.44. The Balaban J connectivity index is 2.10. The number of halogens is 1. The van der Waals surface area contributed by atoms with Gasteiger partial charge in [-0.05, 0) is 34.7 Å². The van der Waals surface area contributed by atoms with Crippen molar-refractivity contribution in [2.45, 2.75) is 32.2 Å². The van der Waals surface area contributed by atoms with Gasteiger partial charge in [0.15, 0.2) is 0 Å². The summed E-state index contributed by atoms with van der Waals surface area (Å²) in [5, 5.41) is 13.8. The van der Waals surface area contributed by atoms with E-state index in [-0.39, 0.29) is 16.2 Å². The summed E-state index contributed by atoms with van der Waals surface area (Å²) in [6, 6.07) is 11.7. The number of rotatable bonds is 8. The molecule has 0 aromatic heterocycles. The quantitative estimate of drug-likeness (QED) is 0.365. The normalized spacial score (nSPS) is 17.9. The van der Waals surface area contributed by atoms with Crippen molar-refractivity contribution in [3.63, 3.8) is 0 Å². The molecule has 1 atom stereocenters. The van der Waals surface area contributed by atoms with E-state index in [0.717, 1.165) is 24.1 Å². The molecule has 1 N–H and O–H groups in total. The molecule has 0 radical (unpaired) electrons. The van der Waals surface area contributed by atoms with Gasteiger partial charge in [0.2, 0.25) is 5.78 Å². The first-order valence-corrected chi connectivity index (χ1v) is 11.5. The maximum atomic E-state index is 13.5. The van der Waals surface area contributed by atoms with Gasteiger partial charge in [-0.15, -0.1) is 0 Å². The number of nitrogens with zero attached hydrogens (tertiary/aromatic N) is 1. The first-order valence-electron chi connectivity index (χ1n) is 11.1. The van der Waals surface area contributed by atoms with Crippen LogP contribution in [-0.4, -0.2) is 50.9 Å². The van der Waals surface area contributed by atoms with Crippen molar-refractivity contribution in [2.75, 3.05) is 34.3 Å². The predicted molar refractivity (Wildman–Crippen MR) is 127 cm³/mol. The maximum Gasteiger partial charge on any atom is 0.295 e. The second-order valence-electron chi connectivity index (χ2n) is 8.95. The Kier molecular flexibility index (Phi) is 7.82. The van der Waals surface area contributed by atoms with E-state index in [1.807, 2.05) is 38.4 Å². The lowest BCUT2D eigenvalue weighted by Gasteiger charge is -2.28. The van der Waals surface area contributed by atoms with Crippen molar-refractivity contribution in [1.82, 2.24) is 4.90 Å². The van der Waals surface area contributed by atoms with E-state index in [1.165, 1.54) is 23.0 Å². The van der Waals surface area contributed by atoms with Gasteiger partial charge in [0.1, 0.15) is 5.75 Å². The fourth-order valence-electron chi connectivity index (χ4n) is 4.08. The molecular weight excluding hydrogens is 440 g/mol. The van der Waals surface area contributed by atoms with Crippen LogP contribution in [0.1, 0.15) is 48.9 Å². The van der Waals surface area contributed by atoms with Crippen molar-refractivity contribution in [1.29, 1.82) is 0 Å². The zero-order chi connectivity index (χ0) is 24.3. The van der Waals surface area contributed by atoms with Crippen molar-refractivity contribution in [2.24, 2.45) is 0 Å². The molecule has 176 valence electrons. The average molecular weight is 471 g/mol. The molecule has 2 aromatic rings. The van der Waals surface area contributed by atoms with Gasteiger partial charge in [0, 0.05) is 18.5 Å². The Hall–Kier alpha value is -2.83. The Morgan fingerprint density at radius 1 is 1.15 bits per heavy atom. The number of quaternary nitrogens is 1. The minimum Gasteiger partial charge on any atom is -0.872 e. The summed E-state index contributed by atoms with van der Waals surface area (Å²) in [5.74, 6) is -1.10. The Bertz CT molecular complexity index is 1060. The number of methoxy groups -OCH3 is 1. The molecule has 1 fully saturated rings. The van der Waals surface area contributed by atoms with E-state index in [4.69, 9.17) is 16.3 Å². The van der Waals surface area contributed by atoms with E-state index in [1.54, 1.807) is 12.1 Å². The zero-order valence-electron chi connectivity index (χ0n) is 19.8. The van der Waals surface area contributed by atoms with Gasteiger partial charge in [-0.25, -0.2) is 0 Å². The molecule has 7 heteroatoms. The summed E-state index contributed by atoms with van der Waals surface area (Å²) in [6.07, 6.45) is 0.720. The summed E-state index contributed by atoms with van der Waals surface area (Å²) >= 11 is 6.22. The molecule has 0 spiro atoms. The fourth-order valence-corrected chi connectivity index (χ4v) is 4.33. The lowest BCUT2D eigenvalue weighted by Crippen LogP contribution is -3.05. The summed E-state index contributed by atoms with van der Waals surface area (Å²) in [4.78, 5) is 28.9. The molecule has 1 saturated heterocycles. The van der Waals surface area contributed by atoms with E-state index < -0.39 is 23.5 Å². The lowest BCUT2D eigenvalue weighted by molar-refractivity contribution is -0.858.